The van der Waals surface area contributed by atoms with Crippen molar-refractivity contribution in [3.63, 3.8) is 0 Å². The number of carbonyl (C=O) groups excluding carboxylic acids is 1. The van der Waals surface area contributed by atoms with Gasteiger partial charge in [-0.15, -0.1) is 22.7 Å². The van der Waals surface area contributed by atoms with Gasteiger partial charge in [-0.05, 0) is 44.6 Å². The first-order valence-corrected chi connectivity index (χ1v) is 12.8. The van der Waals surface area contributed by atoms with Crippen LogP contribution in [0.4, 0.5) is 5.00 Å². The van der Waals surface area contributed by atoms with Gasteiger partial charge in [0.25, 0.3) is 0 Å². The summed E-state index contributed by atoms with van der Waals surface area (Å²) in [5.74, 6) is 0.0482. The molecule has 1 aliphatic heterocycles. The Hall–Kier alpha value is -2.66. The highest BCUT2D eigenvalue weighted by atomic mass is 32.1. The molecule has 5 rings (SSSR count). The number of rotatable bonds is 9. The lowest BCUT2D eigenvalue weighted by Gasteiger charge is -2.16. The number of hydrogen-bond acceptors (Lipinski definition) is 8. The molecule has 0 aromatic carbocycles. The van der Waals surface area contributed by atoms with E-state index in [1.54, 1.807) is 41.3 Å². The number of thiophene rings is 1. The number of hydrogen-bond donors (Lipinski definition) is 2. The van der Waals surface area contributed by atoms with Crippen molar-refractivity contribution in [1.29, 1.82) is 0 Å². The molecular formula is C23H27N7OS2. The molecule has 8 nitrogen and oxygen atoms in total. The number of nitrogens with one attached hydrogen (secondary N) is 2. The zero-order chi connectivity index (χ0) is 22.6. The molecule has 33 heavy (non-hydrogen) atoms. The number of aryl methyl sites for hydroxylation is 1. The normalized spacial score (nSPS) is 13.5. The summed E-state index contributed by atoms with van der Waals surface area (Å²) in [5.41, 5.74) is 3.32. The molecule has 1 aliphatic rings. The van der Waals surface area contributed by atoms with Crippen molar-refractivity contribution in [2.24, 2.45) is 0 Å². The van der Waals surface area contributed by atoms with E-state index < -0.39 is 0 Å². The third kappa shape index (κ3) is 5.14. The third-order valence-electron chi connectivity index (χ3n) is 5.82. The number of fused-ring (bicyclic) bond motifs is 2. The molecule has 5 heterocycles. The third-order valence-corrected chi connectivity index (χ3v) is 8.02. The van der Waals surface area contributed by atoms with Crippen LogP contribution in [0, 0.1) is 0 Å². The van der Waals surface area contributed by atoms with Crippen LogP contribution in [0.2, 0.25) is 0 Å². The Labute approximate surface area is 200 Å². The van der Waals surface area contributed by atoms with Gasteiger partial charge >= 0.3 is 0 Å². The monoisotopic (exact) mass is 481 g/mol. The summed E-state index contributed by atoms with van der Waals surface area (Å²) < 4.78 is 3.19. The van der Waals surface area contributed by atoms with Crippen molar-refractivity contribution < 1.29 is 4.79 Å². The Bertz CT molecular complexity index is 1200. The highest BCUT2D eigenvalue weighted by molar-refractivity contribution is 7.22. The van der Waals surface area contributed by atoms with Crippen LogP contribution in [0.3, 0.4) is 0 Å². The molecule has 0 radical (unpaired) electrons. The molecular weight excluding hydrogens is 454 g/mol. The van der Waals surface area contributed by atoms with Gasteiger partial charge in [-0.1, -0.05) is 0 Å². The van der Waals surface area contributed by atoms with E-state index >= 15 is 0 Å². The Balaban J connectivity index is 1.25. The van der Waals surface area contributed by atoms with Gasteiger partial charge in [-0.25, -0.2) is 9.97 Å². The van der Waals surface area contributed by atoms with Crippen LogP contribution in [0.25, 0.3) is 20.8 Å². The van der Waals surface area contributed by atoms with E-state index in [4.69, 9.17) is 4.98 Å². The molecule has 1 amide bonds. The Morgan fingerprint density at radius 1 is 1.27 bits per heavy atom. The first-order valence-electron chi connectivity index (χ1n) is 11.2. The molecule has 0 bridgehead atoms. The number of pyridine rings is 1. The molecule has 4 aromatic heterocycles. The predicted octanol–water partition coefficient (Wildman–Crippen LogP) is 3.61. The van der Waals surface area contributed by atoms with Crippen LogP contribution >= 0.6 is 22.7 Å². The summed E-state index contributed by atoms with van der Waals surface area (Å²) in [6, 6.07) is 2.00. The number of thiazole rings is 1. The molecule has 0 saturated heterocycles. The highest BCUT2D eigenvalue weighted by Crippen LogP contribution is 2.44. The second-order valence-corrected chi connectivity index (χ2v) is 10.4. The van der Waals surface area contributed by atoms with E-state index in [0.717, 1.165) is 71.4 Å². The second kappa shape index (κ2) is 10.1. The molecule has 0 atom stereocenters. The van der Waals surface area contributed by atoms with Crippen LogP contribution in [0.5, 0.6) is 0 Å². The number of imidazole rings is 1. The summed E-state index contributed by atoms with van der Waals surface area (Å²) in [4.78, 5) is 29.5. The number of amides is 1. The molecule has 2 N–H and O–H groups in total. The summed E-state index contributed by atoms with van der Waals surface area (Å²) in [7, 11) is 2.07. The van der Waals surface area contributed by atoms with E-state index in [0.29, 0.717) is 6.42 Å². The minimum atomic E-state index is 0.0482. The molecule has 10 heteroatoms. The average molecular weight is 482 g/mol. The lowest BCUT2D eigenvalue weighted by atomic mass is 10.0. The second-order valence-electron chi connectivity index (χ2n) is 8.25. The van der Waals surface area contributed by atoms with Crippen molar-refractivity contribution in [3.8, 4) is 10.6 Å². The number of nitrogens with zero attached hydrogens (tertiary/aromatic N) is 5. The highest BCUT2D eigenvalue weighted by Gasteiger charge is 2.25. The summed E-state index contributed by atoms with van der Waals surface area (Å²) in [5, 5.41) is 8.53. The minimum Gasteiger partial charge on any atom is -0.337 e. The fraction of sp³-hybridized carbons (Fsp3) is 0.391. The van der Waals surface area contributed by atoms with Crippen molar-refractivity contribution in [2.75, 3.05) is 32.0 Å². The Morgan fingerprint density at radius 2 is 2.21 bits per heavy atom. The summed E-state index contributed by atoms with van der Waals surface area (Å²) in [6.07, 6.45) is 11.6. The quantitative estimate of drug-likeness (QED) is 0.380. The number of carbonyl (C=O) groups is 1. The van der Waals surface area contributed by atoms with E-state index in [1.165, 1.54) is 10.4 Å². The smallest absolute Gasteiger partial charge is 0.226 e. The number of aromatic nitrogens is 4. The van der Waals surface area contributed by atoms with Gasteiger partial charge in [-0.3, -0.25) is 9.78 Å². The van der Waals surface area contributed by atoms with Gasteiger partial charge in [0.15, 0.2) is 0 Å². The van der Waals surface area contributed by atoms with Crippen LogP contribution in [0.15, 0.2) is 37.2 Å². The first kappa shape index (κ1) is 22.1. The van der Waals surface area contributed by atoms with Gasteiger partial charge in [0.1, 0.15) is 15.5 Å². The maximum atomic E-state index is 12.9. The van der Waals surface area contributed by atoms with Crippen LogP contribution < -0.4 is 10.6 Å². The number of anilines is 1. The average Bonchev–Trinajstić information content (AvgIpc) is 3.55. The molecule has 0 unspecified atom stereocenters. The van der Waals surface area contributed by atoms with Crippen LogP contribution in [0.1, 0.15) is 23.3 Å². The zero-order valence-electron chi connectivity index (χ0n) is 18.6. The van der Waals surface area contributed by atoms with Crippen molar-refractivity contribution in [1.82, 2.24) is 29.7 Å². The largest absolute Gasteiger partial charge is 0.337 e. The maximum Gasteiger partial charge on any atom is 0.226 e. The van der Waals surface area contributed by atoms with E-state index in [2.05, 4.69) is 37.1 Å². The van der Waals surface area contributed by atoms with E-state index in [1.807, 2.05) is 18.6 Å². The van der Waals surface area contributed by atoms with Crippen molar-refractivity contribution in [2.45, 2.75) is 32.4 Å². The first-order chi connectivity index (χ1) is 16.2. The van der Waals surface area contributed by atoms with Crippen LogP contribution in [-0.4, -0.2) is 57.0 Å². The SMILES string of the molecule is CN(CCCn1ccnc1)CCC(=O)Nc1sc2c(c1-c1nc3cnccc3s1)CCNC2. The fourth-order valence-corrected chi connectivity index (χ4v) is 6.38. The van der Waals surface area contributed by atoms with Gasteiger partial charge in [-0.2, -0.15) is 0 Å². The molecule has 4 aromatic rings. The van der Waals surface area contributed by atoms with Gasteiger partial charge in [0, 0.05) is 55.1 Å². The summed E-state index contributed by atoms with van der Waals surface area (Å²) >= 11 is 3.34. The molecule has 172 valence electrons. The lowest BCUT2D eigenvalue weighted by Crippen LogP contribution is -2.25. The maximum absolute atomic E-state index is 12.9. The standard InChI is InChI=1S/C23H27N7OS2/c1-29(9-2-10-30-12-8-26-15-30)11-5-20(31)28-23-21(16-3-6-25-14-19(16)33-23)22-27-17-13-24-7-4-18(17)32-22/h4,7-8,12-13,15,25H,2-3,5-6,9-11,14H2,1H3,(H,28,31). The lowest BCUT2D eigenvalue weighted by molar-refractivity contribution is -0.116. The molecule has 0 saturated carbocycles. The van der Waals surface area contributed by atoms with Gasteiger partial charge in [0.05, 0.1) is 17.2 Å². The van der Waals surface area contributed by atoms with Gasteiger partial charge < -0.3 is 20.1 Å². The Morgan fingerprint density at radius 3 is 3.06 bits per heavy atom. The molecule has 0 spiro atoms. The fourth-order valence-electron chi connectivity index (χ4n) is 4.07. The minimum absolute atomic E-state index is 0.0482. The van der Waals surface area contributed by atoms with Crippen molar-refractivity contribution in [3.05, 3.63) is 47.6 Å². The Kier molecular flexibility index (Phi) is 6.77. The zero-order valence-corrected chi connectivity index (χ0v) is 20.2. The predicted molar refractivity (Wildman–Crippen MR) is 134 cm³/mol. The molecule has 0 aliphatic carbocycles. The van der Waals surface area contributed by atoms with Crippen molar-refractivity contribution >= 4 is 43.8 Å². The molecule has 0 fully saturated rings. The van der Waals surface area contributed by atoms with Crippen LogP contribution in [-0.2, 0) is 24.3 Å². The van der Waals surface area contributed by atoms with E-state index in [-0.39, 0.29) is 5.91 Å². The van der Waals surface area contributed by atoms with Gasteiger partial charge in [0.2, 0.25) is 5.91 Å². The summed E-state index contributed by atoms with van der Waals surface area (Å²) in [6.45, 7) is 4.39. The van der Waals surface area contributed by atoms with E-state index in [9.17, 15) is 4.79 Å². The topological polar surface area (TPSA) is 88.0 Å².